The summed E-state index contributed by atoms with van der Waals surface area (Å²) in [4.78, 5) is 18.7. The number of carbonyl (C=O) groups excluding carboxylic acids is 1. The van der Waals surface area contributed by atoms with Gasteiger partial charge in [0.25, 0.3) is 0 Å². The largest absolute Gasteiger partial charge is 0.323 e. The Morgan fingerprint density at radius 3 is 2.21 bits per heavy atom. The van der Waals surface area contributed by atoms with E-state index in [1.165, 1.54) is 6.33 Å². The van der Waals surface area contributed by atoms with Crippen LogP contribution in [0.1, 0.15) is 27.7 Å². The summed E-state index contributed by atoms with van der Waals surface area (Å²) in [5.41, 5.74) is 0.635. The summed E-state index contributed by atoms with van der Waals surface area (Å²) in [6.07, 6.45) is 4.55. The van der Waals surface area contributed by atoms with Gasteiger partial charge in [-0.05, 0) is 0 Å². The second kappa shape index (κ2) is 7.00. The van der Waals surface area contributed by atoms with Gasteiger partial charge in [0, 0.05) is 5.92 Å². The van der Waals surface area contributed by atoms with Crippen LogP contribution in [0.5, 0.6) is 0 Å². The molecule has 0 atom stereocenters. The molecule has 0 unspecified atom stereocenters. The second-order valence-electron chi connectivity index (χ2n) is 2.77. The van der Waals surface area contributed by atoms with Crippen LogP contribution in [-0.4, -0.2) is 15.9 Å². The van der Waals surface area contributed by atoms with Crippen molar-refractivity contribution in [2.24, 2.45) is 5.92 Å². The molecule has 0 bridgehead atoms. The summed E-state index contributed by atoms with van der Waals surface area (Å²) in [6.45, 7) is 7.66. The summed E-state index contributed by atoms with van der Waals surface area (Å²) in [5.74, 6) is -0.0463. The number of rotatable bonds is 2. The van der Waals surface area contributed by atoms with Gasteiger partial charge < -0.3 is 5.32 Å². The predicted octanol–water partition coefficient (Wildman–Crippen LogP) is 2.10. The van der Waals surface area contributed by atoms with E-state index >= 15 is 0 Å². The molecule has 1 heterocycles. The van der Waals surface area contributed by atoms with E-state index in [4.69, 9.17) is 0 Å². The number of hydrogen-bond acceptors (Lipinski definition) is 3. The first kappa shape index (κ1) is 12.6. The summed E-state index contributed by atoms with van der Waals surface area (Å²) >= 11 is 0. The smallest absolute Gasteiger partial charge is 0.227 e. The molecule has 78 valence electrons. The summed E-state index contributed by atoms with van der Waals surface area (Å²) in [5, 5.41) is 2.68. The molecule has 1 N–H and O–H groups in total. The highest BCUT2D eigenvalue weighted by molar-refractivity contribution is 5.91. The highest BCUT2D eigenvalue weighted by Gasteiger charge is 2.06. The van der Waals surface area contributed by atoms with Gasteiger partial charge in [-0.15, -0.1) is 0 Å². The highest BCUT2D eigenvalue weighted by Crippen LogP contribution is 2.03. The van der Waals surface area contributed by atoms with Gasteiger partial charge in [-0.1, -0.05) is 27.7 Å². The third-order valence-electron chi connectivity index (χ3n) is 1.35. The first-order chi connectivity index (χ1) is 6.70. The van der Waals surface area contributed by atoms with E-state index in [9.17, 15) is 4.79 Å². The first-order valence-electron chi connectivity index (χ1n) is 4.76. The Hall–Kier alpha value is -1.45. The van der Waals surface area contributed by atoms with E-state index in [0.29, 0.717) is 5.69 Å². The average molecular weight is 195 g/mol. The van der Waals surface area contributed by atoms with Crippen LogP contribution >= 0.6 is 0 Å². The van der Waals surface area contributed by atoms with Crippen molar-refractivity contribution in [1.29, 1.82) is 0 Å². The van der Waals surface area contributed by atoms with Crippen LogP contribution < -0.4 is 5.32 Å². The quantitative estimate of drug-likeness (QED) is 0.786. The Labute approximate surface area is 84.8 Å². The zero-order chi connectivity index (χ0) is 11.0. The maximum atomic E-state index is 11.1. The van der Waals surface area contributed by atoms with Gasteiger partial charge in [-0.25, -0.2) is 9.97 Å². The Kier molecular flexibility index (Phi) is 6.28. The van der Waals surface area contributed by atoms with Crippen molar-refractivity contribution in [3.63, 3.8) is 0 Å². The summed E-state index contributed by atoms with van der Waals surface area (Å²) < 4.78 is 0. The lowest BCUT2D eigenvalue weighted by Gasteiger charge is -2.05. The van der Waals surface area contributed by atoms with Crippen molar-refractivity contribution in [2.75, 3.05) is 5.32 Å². The lowest BCUT2D eigenvalue weighted by atomic mass is 10.2. The lowest BCUT2D eigenvalue weighted by molar-refractivity contribution is -0.118. The van der Waals surface area contributed by atoms with E-state index in [1.54, 1.807) is 12.4 Å². The Morgan fingerprint density at radius 2 is 1.79 bits per heavy atom. The molecule has 0 aliphatic carbocycles. The van der Waals surface area contributed by atoms with Crippen LogP contribution in [-0.2, 0) is 4.79 Å². The van der Waals surface area contributed by atoms with Gasteiger partial charge in [0.05, 0.1) is 18.1 Å². The number of nitrogens with zero attached hydrogens (tertiary/aromatic N) is 2. The zero-order valence-corrected chi connectivity index (χ0v) is 9.11. The van der Waals surface area contributed by atoms with Crippen molar-refractivity contribution >= 4 is 11.6 Å². The minimum Gasteiger partial charge on any atom is -0.323 e. The van der Waals surface area contributed by atoms with Gasteiger partial charge in [-0.3, -0.25) is 4.79 Å². The molecule has 0 aliphatic heterocycles. The molecule has 14 heavy (non-hydrogen) atoms. The van der Waals surface area contributed by atoms with Crippen molar-refractivity contribution in [1.82, 2.24) is 9.97 Å². The molecule has 4 heteroatoms. The molecule has 1 aromatic heterocycles. The number of aromatic nitrogens is 2. The fraction of sp³-hybridized carbons (Fsp3) is 0.500. The van der Waals surface area contributed by atoms with E-state index in [1.807, 2.05) is 27.7 Å². The normalized spacial score (nSPS) is 8.93. The number of nitrogens with one attached hydrogen (secondary N) is 1. The monoisotopic (exact) mass is 195 g/mol. The van der Waals surface area contributed by atoms with Crippen LogP contribution in [0.15, 0.2) is 18.7 Å². The van der Waals surface area contributed by atoms with Gasteiger partial charge >= 0.3 is 0 Å². The maximum absolute atomic E-state index is 11.1. The fourth-order valence-corrected chi connectivity index (χ4v) is 0.650. The number of anilines is 1. The second-order valence-corrected chi connectivity index (χ2v) is 2.77. The number of hydrogen-bond donors (Lipinski definition) is 1. The summed E-state index contributed by atoms with van der Waals surface area (Å²) in [6, 6.07) is 0. The van der Waals surface area contributed by atoms with Crippen molar-refractivity contribution in [2.45, 2.75) is 27.7 Å². The third-order valence-corrected chi connectivity index (χ3v) is 1.35. The van der Waals surface area contributed by atoms with Crippen molar-refractivity contribution < 1.29 is 4.79 Å². The minimum absolute atomic E-state index is 0.0230. The topological polar surface area (TPSA) is 54.9 Å². The molecule has 1 amide bonds. The zero-order valence-electron chi connectivity index (χ0n) is 9.11. The molecule has 0 aliphatic rings. The number of amides is 1. The SMILES string of the molecule is CC.CC(C)C(=O)Nc1cncnc1. The first-order valence-corrected chi connectivity index (χ1v) is 4.76. The number of carbonyl (C=O) groups is 1. The molecule has 4 nitrogen and oxygen atoms in total. The van der Waals surface area contributed by atoms with Crippen LogP contribution in [0.25, 0.3) is 0 Å². The fourth-order valence-electron chi connectivity index (χ4n) is 0.650. The van der Waals surface area contributed by atoms with E-state index in [2.05, 4.69) is 15.3 Å². The van der Waals surface area contributed by atoms with E-state index < -0.39 is 0 Å². The molecule has 0 spiro atoms. The molecular weight excluding hydrogens is 178 g/mol. The molecule has 0 saturated heterocycles. The average Bonchev–Trinajstić information content (AvgIpc) is 2.22. The standard InChI is InChI=1S/C8H11N3O.C2H6/c1-6(2)8(12)11-7-3-9-5-10-4-7;1-2/h3-6H,1-2H3,(H,11,12);1-2H3. The van der Waals surface area contributed by atoms with Crippen LogP contribution in [0.3, 0.4) is 0 Å². The maximum Gasteiger partial charge on any atom is 0.227 e. The molecule has 0 fully saturated rings. The molecule has 1 aromatic rings. The van der Waals surface area contributed by atoms with E-state index in [-0.39, 0.29) is 11.8 Å². The third kappa shape index (κ3) is 4.54. The molecule has 1 rings (SSSR count). The Morgan fingerprint density at radius 1 is 1.29 bits per heavy atom. The Balaban J connectivity index is 0.000000791. The molecule has 0 radical (unpaired) electrons. The Bertz CT molecular complexity index is 259. The molecule has 0 aromatic carbocycles. The van der Waals surface area contributed by atoms with E-state index in [0.717, 1.165) is 0 Å². The highest BCUT2D eigenvalue weighted by atomic mass is 16.1. The van der Waals surface area contributed by atoms with Gasteiger partial charge in [0.2, 0.25) is 5.91 Å². The predicted molar refractivity (Wildman–Crippen MR) is 56.8 cm³/mol. The van der Waals surface area contributed by atoms with Crippen molar-refractivity contribution in [3.8, 4) is 0 Å². The molecular formula is C10H17N3O. The van der Waals surface area contributed by atoms with Crippen LogP contribution in [0, 0.1) is 5.92 Å². The minimum atomic E-state index is -0.0233. The van der Waals surface area contributed by atoms with Gasteiger partial charge in [0.1, 0.15) is 6.33 Å². The van der Waals surface area contributed by atoms with Gasteiger partial charge in [0.15, 0.2) is 0 Å². The lowest BCUT2D eigenvalue weighted by Crippen LogP contribution is -2.17. The van der Waals surface area contributed by atoms with Gasteiger partial charge in [-0.2, -0.15) is 0 Å². The molecule has 0 saturated carbocycles. The van der Waals surface area contributed by atoms with Crippen molar-refractivity contribution in [3.05, 3.63) is 18.7 Å². The van der Waals surface area contributed by atoms with Crippen LogP contribution in [0.4, 0.5) is 5.69 Å². The van der Waals surface area contributed by atoms with Crippen LogP contribution in [0.2, 0.25) is 0 Å². The summed E-state index contributed by atoms with van der Waals surface area (Å²) in [7, 11) is 0.